The summed E-state index contributed by atoms with van der Waals surface area (Å²) in [5.41, 5.74) is 13.4. The summed E-state index contributed by atoms with van der Waals surface area (Å²) >= 11 is -0.640. The zero-order valence-corrected chi connectivity index (χ0v) is 32.8. The second kappa shape index (κ2) is 15.9. The number of aryl methyl sites for hydroxylation is 2. The van der Waals surface area contributed by atoms with Crippen LogP contribution >= 0.6 is 0 Å². The Balaban J connectivity index is 0.000000195. The fourth-order valence-electron chi connectivity index (χ4n) is 6.52. The van der Waals surface area contributed by atoms with Crippen molar-refractivity contribution in [2.75, 3.05) is 0 Å². The molecule has 0 radical (unpaired) electrons. The minimum Gasteiger partial charge on any atom is -0.744 e. The summed E-state index contributed by atoms with van der Waals surface area (Å²) in [4.78, 5) is -0.355. The molecule has 0 saturated heterocycles. The second-order valence-electron chi connectivity index (χ2n) is 12.9. The van der Waals surface area contributed by atoms with Crippen molar-refractivity contribution in [1.29, 1.82) is 0 Å². The van der Waals surface area contributed by atoms with Gasteiger partial charge in [0.05, 0.1) is 9.79 Å². The standard InChI is InChI=1S/C16H17.C9H13.2C7H8O3S.Zr/c1-12-10-14-8-5-9-15(16(14)11-12)13-6-3-2-4-7-13;1-6-5-7(2)9(4)8(6)3;2*1-6-2-4-7(5-3-6)11(8,9)10;/h2-4,6-7,10-11,15H,5,8-9H2,1H3;6H,1-4H3;2*2-5H,1H3,(H,8,9,10);/q;;;;+2/p-2. The average Bonchev–Trinajstić information content (AvgIpc) is 3.45. The van der Waals surface area contributed by atoms with Crippen molar-refractivity contribution in [3.63, 3.8) is 0 Å². The quantitative estimate of drug-likeness (QED) is 0.240. The molecule has 0 fully saturated rings. The Hall–Kier alpha value is -2.68. The minimum atomic E-state index is -4.27. The van der Waals surface area contributed by atoms with Gasteiger partial charge in [-0.25, -0.2) is 16.8 Å². The summed E-state index contributed by atoms with van der Waals surface area (Å²) < 4.78 is 65.0. The summed E-state index contributed by atoms with van der Waals surface area (Å²) in [6.07, 6.45) is 6.60. The smallest absolute Gasteiger partial charge is 0.124 e. The Morgan fingerprint density at radius 2 is 1.19 bits per heavy atom. The van der Waals surface area contributed by atoms with E-state index < -0.39 is 43.5 Å². The van der Waals surface area contributed by atoms with E-state index in [1.807, 2.05) is 22.7 Å². The van der Waals surface area contributed by atoms with E-state index >= 15 is 0 Å². The predicted octanol–water partition coefficient (Wildman–Crippen LogP) is 9.14. The summed E-state index contributed by atoms with van der Waals surface area (Å²) in [5.74, 6) is 1.34. The topological polar surface area (TPSA) is 114 Å². The van der Waals surface area contributed by atoms with Gasteiger partial charge < -0.3 is 9.11 Å². The first-order valence-electron chi connectivity index (χ1n) is 16.1. The molecule has 3 atom stereocenters. The van der Waals surface area contributed by atoms with Crippen molar-refractivity contribution in [2.24, 2.45) is 5.92 Å². The molecule has 3 aliphatic rings. The maximum atomic E-state index is 10.4. The molecule has 6 rings (SSSR count). The van der Waals surface area contributed by atoms with Crippen molar-refractivity contribution in [2.45, 2.75) is 87.1 Å². The van der Waals surface area contributed by atoms with E-state index in [-0.39, 0.29) is 9.79 Å². The van der Waals surface area contributed by atoms with Gasteiger partial charge in [0.1, 0.15) is 20.2 Å². The third-order valence-corrected chi connectivity index (χ3v) is 16.8. The molecule has 6 nitrogen and oxygen atoms in total. The van der Waals surface area contributed by atoms with Crippen LogP contribution in [0, 0.1) is 19.8 Å². The van der Waals surface area contributed by atoms with Crippen molar-refractivity contribution in [3.8, 4) is 0 Å². The third kappa shape index (κ3) is 9.30. The van der Waals surface area contributed by atoms with Crippen LogP contribution in [0.5, 0.6) is 0 Å². The van der Waals surface area contributed by atoms with Gasteiger partial charge >= 0.3 is 171 Å². The molecule has 0 N–H and O–H groups in total. The monoisotopic (exact) mass is 762 g/mol. The third-order valence-electron chi connectivity index (χ3n) is 9.63. The number of hydrogen-bond donors (Lipinski definition) is 0. The van der Waals surface area contributed by atoms with Crippen molar-refractivity contribution in [3.05, 3.63) is 138 Å². The Labute approximate surface area is 298 Å². The molecular formula is C39H44O6S2Zr. The summed E-state index contributed by atoms with van der Waals surface area (Å²) in [7, 11) is -8.54. The van der Waals surface area contributed by atoms with Crippen LogP contribution in [0.1, 0.15) is 76.5 Å². The van der Waals surface area contributed by atoms with Gasteiger partial charge in [0.2, 0.25) is 0 Å². The van der Waals surface area contributed by atoms with Crippen molar-refractivity contribution in [1.82, 2.24) is 0 Å². The fraction of sp³-hybridized carbons (Fsp3) is 0.333. The molecule has 0 saturated carbocycles. The second-order valence-corrected chi connectivity index (χ2v) is 19.1. The average molecular weight is 764 g/mol. The van der Waals surface area contributed by atoms with Crippen LogP contribution in [-0.2, 0) is 43.5 Å². The molecule has 252 valence electrons. The van der Waals surface area contributed by atoms with Gasteiger partial charge in [-0.3, -0.25) is 0 Å². The summed E-state index contributed by atoms with van der Waals surface area (Å²) in [6.45, 7) is 15.6. The van der Waals surface area contributed by atoms with Gasteiger partial charge in [-0.05, 0) is 38.1 Å². The van der Waals surface area contributed by atoms with E-state index in [4.69, 9.17) is 0 Å². The molecule has 0 bridgehead atoms. The molecule has 0 spiro atoms. The van der Waals surface area contributed by atoms with Gasteiger partial charge in [-0.1, -0.05) is 35.4 Å². The van der Waals surface area contributed by atoms with Crippen molar-refractivity contribution >= 4 is 20.2 Å². The molecule has 0 heterocycles. The number of hydrogen-bond acceptors (Lipinski definition) is 6. The first-order chi connectivity index (χ1) is 22.5. The van der Waals surface area contributed by atoms with Crippen LogP contribution in [0.15, 0.2) is 131 Å². The fourth-order valence-corrected chi connectivity index (χ4v) is 12.3. The van der Waals surface area contributed by atoms with Crippen LogP contribution in [0.3, 0.4) is 0 Å². The van der Waals surface area contributed by atoms with E-state index in [1.165, 1.54) is 49.1 Å². The first kappa shape index (κ1) is 38.1. The molecule has 9 heteroatoms. The summed E-state index contributed by atoms with van der Waals surface area (Å²) in [5, 5.41) is 0. The molecule has 0 aliphatic heterocycles. The molecule has 3 aromatic carbocycles. The van der Waals surface area contributed by atoms with E-state index in [1.54, 1.807) is 52.1 Å². The Bertz CT molecular complexity index is 1900. The van der Waals surface area contributed by atoms with Crippen LogP contribution < -0.4 is 0 Å². The first-order valence-corrected chi connectivity index (χ1v) is 21.6. The predicted molar refractivity (Wildman–Crippen MR) is 186 cm³/mol. The Morgan fingerprint density at radius 3 is 1.62 bits per heavy atom. The van der Waals surface area contributed by atoms with Gasteiger partial charge in [-0.15, -0.1) is 0 Å². The normalized spacial score (nSPS) is 20.7. The number of allylic oxidation sites excluding steroid dienone is 8. The Morgan fingerprint density at radius 1 is 0.688 bits per heavy atom. The van der Waals surface area contributed by atoms with E-state index in [0.717, 1.165) is 14.8 Å². The van der Waals surface area contributed by atoms with Crippen molar-refractivity contribution < 1.29 is 49.2 Å². The molecule has 3 aromatic rings. The molecule has 3 aliphatic carbocycles. The molecule has 3 unspecified atom stereocenters. The SMILES string of the molecule is CC1=CC2=C(CCCC2c2ccccc2)[CH]1[Zr+2][C]1=C(C)C(C)=C(C)C1C.Cc1ccc(S(=O)(=O)[O-])cc1.Cc1ccc(S(=O)(=O)[O-])cc1. The summed E-state index contributed by atoms with van der Waals surface area (Å²) in [6, 6.07) is 22.8. The largest absolute Gasteiger partial charge is 0.744 e. The maximum absolute atomic E-state index is 10.4. The molecular weight excluding hydrogens is 720 g/mol. The Kier molecular flexibility index (Phi) is 12.6. The van der Waals surface area contributed by atoms with E-state index in [9.17, 15) is 25.9 Å². The maximum Gasteiger partial charge on any atom is 0.124 e. The molecule has 0 amide bonds. The van der Waals surface area contributed by atoms with Crippen LogP contribution in [-0.4, -0.2) is 25.9 Å². The minimum absolute atomic E-state index is 0.178. The van der Waals surface area contributed by atoms with Gasteiger partial charge in [-0.2, -0.15) is 0 Å². The van der Waals surface area contributed by atoms with Gasteiger partial charge in [0.15, 0.2) is 0 Å². The van der Waals surface area contributed by atoms with Gasteiger partial charge in [0, 0.05) is 0 Å². The van der Waals surface area contributed by atoms with Crippen LogP contribution in [0.4, 0.5) is 0 Å². The van der Waals surface area contributed by atoms with E-state index in [2.05, 4.69) is 71.0 Å². The molecule has 48 heavy (non-hydrogen) atoms. The zero-order chi connectivity index (χ0) is 35.4. The number of benzene rings is 3. The van der Waals surface area contributed by atoms with E-state index in [0.29, 0.717) is 11.8 Å². The number of rotatable bonds is 5. The van der Waals surface area contributed by atoms with Gasteiger partial charge in [0.25, 0.3) is 0 Å². The van der Waals surface area contributed by atoms with Crippen LogP contribution in [0.2, 0.25) is 3.63 Å². The van der Waals surface area contributed by atoms with Crippen LogP contribution in [0.25, 0.3) is 0 Å². The molecule has 0 aromatic heterocycles. The zero-order valence-electron chi connectivity index (χ0n) is 28.7.